The first-order valence-electron chi connectivity index (χ1n) is 7.65. The number of carbonyl (C=O) groups is 1. The van der Waals surface area contributed by atoms with E-state index in [4.69, 9.17) is 14.2 Å². The van der Waals surface area contributed by atoms with E-state index in [1.54, 1.807) is 6.92 Å². The highest BCUT2D eigenvalue weighted by Crippen LogP contribution is 2.62. The number of ether oxygens (including phenoxy) is 3. The van der Waals surface area contributed by atoms with Crippen molar-refractivity contribution in [3.05, 3.63) is 0 Å². The molecule has 112 valence electrons. The zero-order chi connectivity index (χ0) is 14.3. The SMILES string of the molecule is C[C@@H]1CC[C@H]2[C@@H](C)C(=O)O[C@@H]3O[C@@]4(C)OC32[C@H]1C[C@H]4O. The van der Waals surface area contributed by atoms with Crippen LogP contribution >= 0.6 is 0 Å². The summed E-state index contributed by atoms with van der Waals surface area (Å²) in [5, 5.41) is 10.4. The first-order chi connectivity index (χ1) is 9.38. The number of aliphatic hydroxyl groups excluding tert-OH is 1. The van der Waals surface area contributed by atoms with E-state index in [1.165, 1.54) is 0 Å². The van der Waals surface area contributed by atoms with Crippen molar-refractivity contribution in [3.63, 3.8) is 0 Å². The molecule has 0 radical (unpaired) electrons. The van der Waals surface area contributed by atoms with Crippen LogP contribution in [-0.4, -0.2) is 34.9 Å². The van der Waals surface area contributed by atoms with Gasteiger partial charge in [0.2, 0.25) is 6.29 Å². The number of aliphatic hydroxyl groups is 1. The van der Waals surface area contributed by atoms with Crippen LogP contribution in [0.3, 0.4) is 0 Å². The Morgan fingerprint density at radius 1 is 1.25 bits per heavy atom. The minimum Gasteiger partial charge on any atom is -0.432 e. The minimum atomic E-state index is -1.04. The Labute approximate surface area is 118 Å². The monoisotopic (exact) mass is 282 g/mol. The summed E-state index contributed by atoms with van der Waals surface area (Å²) in [5.41, 5.74) is -0.557. The maximum atomic E-state index is 12.1. The van der Waals surface area contributed by atoms with Crippen molar-refractivity contribution in [2.24, 2.45) is 23.7 Å². The molecule has 8 atom stereocenters. The summed E-state index contributed by atoms with van der Waals surface area (Å²) in [4.78, 5) is 12.1. The molecule has 3 saturated heterocycles. The van der Waals surface area contributed by atoms with Gasteiger partial charge < -0.3 is 19.3 Å². The van der Waals surface area contributed by atoms with Gasteiger partial charge in [-0.2, -0.15) is 0 Å². The van der Waals surface area contributed by atoms with E-state index < -0.39 is 23.8 Å². The summed E-state index contributed by atoms with van der Waals surface area (Å²) in [5.74, 6) is -0.646. The molecular formula is C15H22O5. The number of esters is 1. The quantitative estimate of drug-likeness (QED) is 0.681. The van der Waals surface area contributed by atoms with Gasteiger partial charge in [-0.3, -0.25) is 4.79 Å². The van der Waals surface area contributed by atoms with Gasteiger partial charge in [-0.25, -0.2) is 0 Å². The fourth-order valence-corrected chi connectivity index (χ4v) is 4.97. The van der Waals surface area contributed by atoms with Crippen LogP contribution in [0.1, 0.15) is 40.0 Å². The van der Waals surface area contributed by atoms with Crippen LogP contribution in [0.15, 0.2) is 0 Å². The highest BCUT2D eigenvalue weighted by atomic mass is 16.8. The molecule has 2 bridgehead atoms. The molecule has 4 fully saturated rings. The highest BCUT2D eigenvalue weighted by Gasteiger charge is 2.74. The molecule has 3 aliphatic heterocycles. The molecule has 3 heterocycles. The maximum Gasteiger partial charge on any atom is 0.311 e. The number of hydrogen-bond acceptors (Lipinski definition) is 5. The lowest BCUT2D eigenvalue weighted by molar-refractivity contribution is -0.294. The first-order valence-corrected chi connectivity index (χ1v) is 7.65. The molecule has 0 aromatic carbocycles. The number of carbonyl (C=O) groups excluding carboxylic acids is 1. The van der Waals surface area contributed by atoms with Gasteiger partial charge in [0.05, 0.1) is 5.92 Å². The van der Waals surface area contributed by atoms with E-state index in [0.29, 0.717) is 12.3 Å². The number of hydrogen-bond donors (Lipinski definition) is 1. The predicted molar refractivity (Wildman–Crippen MR) is 68.4 cm³/mol. The fraction of sp³-hybridized carbons (Fsp3) is 0.933. The zero-order valence-electron chi connectivity index (χ0n) is 12.2. The second kappa shape index (κ2) is 3.76. The molecular weight excluding hydrogens is 260 g/mol. The number of rotatable bonds is 0. The molecule has 1 N–H and O–H groups in total. The van der Waals surface area contributed by atoms with Crippen LogP contribution in [0.5, 0.6) is 0 Å². The molecule has 1 spiro atoms. The Morgan fingerprint density at radius 2 is 2.00 bits per heavy atom. The van der Waals surface area contributed by atoms with Crippen molar-refractivity contribution in [3.8, 4) is 0 Å². The zero-order valence-corrected chi connectivity index (χ0v) is 12.2. The third kappa shape index (κ3) is 1.32. The molecule has 5 nitrogen and oxygen atoms in total. The van der Waals surface area contributed by atoms with Crippen LogP contribution in [0.2, 0.25) is 0 Å². The average Bonchev–Trinajstić information content (AvgIpc) is 2.64. The van der Waals surface area contributed by atoms with Gasteiger partial charge in [0.1, 0.15) is 11.7 Å². The van der Waals surface area contributed by atoms with Crippen LogP contribution in [0.25, 0.3) is 0 Å². The van der Waals surface area contributed by atoms with E-state index in [0.717, 1.165) is 12.8 Å². The molecule has 4 rings (SSSR count). The predicted octanol–water partition coefficient (Wildman–Crippen LogP) is 1.43. The van der Waals surface area contributed by atoms with Crippen LogP contribution in [0.4, 0.5) is 0 Å². The van der Waals surface area contributed by atoms with Gasteiger partial charge >= 0.3 is 5.97 Å². The molecule has 0 aromatic heterocycles. The van der Waals surface area contributed by atoms with Gasteiger partial charge in [-0.15, -0.1) is 0 Å². The first kappa shape index (κ1) is 13.0. The Kier molecular flexibility index (Phi) is 2.45. The van der Waals surface area contributed by atoms with Crippen LogP contribution in [-0.2, 0) is 19.0 Å². The summed E-state index contributed by atoms with van der Waals surface area (Å²) < 4.78 is 17.7. The molecule has 0 amide bonds. The Hall–Kier alpha value is -0.650. The largest absolute Gasteiger partial charge is 0.432 e. The van der Waals surface area contributed by atoms with Crippen LogP contribution < -0.4 is 0 Å². The van der Waals surface area contributed by atoms with Crippen molar-refractivity contribution < 1.29 is 24.1 Å². The Morgan fingerprint density at radius 3 is 2.75 bits per heavy atom. The summed E-state index contributed by atoms with van der Waals surface area (Å²) in [6.07, 6.45) is 1.35. The normalized spacial score (nSPS) is 60.9. The lowest BCUT2D eigenvalue weighted by Crippen LogP contribution is -2.66. The Balaban J connectivity index is 1.85. The maximum absolute atomic E-state index is 12.1. The minimum absolute atomic E-state index is 0.129. The standard InChI is InChI=1S/C15H22O5/c1-7-4-5-9-8(2)12(17)18-13-15(9)10(7)6-11(16)14(3,19-13)20-15/h7-11,13,16H,4-6H2,1-3H3/t7-,8-,9+,10+,11-,13-,14+,15?/m1/s1. The van der Waals surface area contributed by atoms with Gasteiger partial charge in [0.25, 0.3) is 0 Å². The summed E-state index contributed by atoms with van der Waals surface area (Å²) in [6, 6.07) is 0. The van der Waals surface area contributed by atoms with Gasteiger partial charge in [0.15, 0.2) is 5.79 Å². The summed E-state index contributed by atoms with van der Waals surface area (Å²) >= 11 is 0. The summed E-state index contributed by atoms with van der Waals surface area (Å²) in [7, 11) is 0. The average molecular weight is 282 g/mol. The molecule has 1 unspecified atom stereocenters. The number of fused-ring (bicyclic) bond motifs is 1. The molecule has 1 saturated carbocycles. The third-order valence-electron chi connectivity index (χ3n) is 6.15. The topological polar surface area (TPSA) is 65.0 Å². The van der Waals surface area contributed by atoms with E-state index in [-0.39, 0.29) is 23.7 Å². The van der Waals surface area contributed by atoms with E-state index >= 15 is 0 Å². The van der Waals surface area contributed by atoms with Gasteiger partial charge in [-0.05, 0) is 38.0 Å². The van der Waals surface area contributed by atoms with E-state index in [1.807, 2.05) is 6.92 Å². The lowest BCUT2D eigenvalue weighted by Gasteiger charge is -2.56. The van der Waals surface area contributed by atoms with E-state index in [9.17, 15) is 9.90 Å². The summed E-state index contributed by atoms with van der Waals surface area (Å²) in [6.45, 7) is 5.88. The van der Waals surface area contributed by atoms with Crippen molar-refractivity contribution in [1.82, 2.24) is 0 Å². The van der Waals surface area contributed by atoms with Crippen LogP contribution in [0, 0.1) is 23.7 Å². The lowest BCUT2D eigenvalue weighted by atomic mass is 9.57. The molecule has 20 heavy (non-hydrogen) atoms. The van der Waals surface area contributed by atoms with Gasteiger partial charge in [0, 0.05) is 5.92 Å². The molecule has 1 aliphatic carbocycles. The van der Waals surface area contributed by atoms with Crippen molar-refractivity contribution in [2.45, 2.75) is 63.8 Å². The Bertz CT molecular complexity index is 465. The third-order valence-corrected chi connectivity index (χ3v) is 6.15. The smallest absolute Gasteiger partial charge is 0.311 e. The molecule has 5 heteroatoms. The second-order valence-corrected chi connectivity index (χ2v) is 7.17. The van der Waals surface area contributed by atoms with E-state index in [2.05, 4.69) is 6.92 Å². The van der Waals surface area contributed by atoms with Gasteiger partial charge in [-0.1, -0.05) is 13.8 Å². The fourth-order valence-electron chi connectivity index (χ4n) is 4.97. The molecule has 0 aromatic rings. The second-order valence-electron chi connectivity index (χ2n) is 7.17. The van der Waals surface area contributed by atoms with Crippen molar-refractivity contribution in [2.75, 3.05) is 0 Å². The van der Waals surface area contributed by atoms with Crippen molar-refractivity contribution in [1.29, 1.82) is 0 Å². The highest BCUT2D eigenvalue weighted by molar-refractivity contribution is 5.74. The van der Waals surface area contributed by atoms with Crippen molar-refractivity contribution >= 4 is 5.97 Å². The molecule has 4 aliphatic rings.